The average Bonchev–Trinajstić information content (AvgIpc) is 2.90. The van der Waals surface area contributed by atoms with Crippen molar-refractivity contribution >= 4 is 12.1 Å². The number of carbonyl (C=O) groups excluding carboxylic acids is 2. The third-order valence-electron chi connectivity index (χ3n) is 3.71. The first kappa shape index (κ1) is 17.2. The maximum Gasteiger partial charge on any atom is 0.411 e. The summed E-state index contributed by atoms with van der Waals surface area (Å²) in [4.78, 5) is 30.2. The van der Waals surface area contributed by atoms with Crippen LogP contribution in [-0.4, -0.2) is 47.2 Å². The standard InChI is InChI=1S/C17H24N2O4/c1-17(2,3)23-16(21)19-11-12(10-14(19)15(20)22-4)9-13-7-5-6-8-18-13/h5-8,12,14H,9-11H2,1-4H3. The zero-order valence-electron chi connectivity index (χ0n) is 14.1. The van der Waals surface area contributed by atoms with E-state index in [1.165, 1.54) is 12.0 Å². The number of pyridine rings is 1. The molecule has 126 valence electrons. The number of carbonyl (C=O) groups is 2. The molecule has 6 nitrogen and oxygen atoms in total. The SMILES string of the molecule is COC(=O)C1CC(Cc2ccccn2)CN1C(=O)OC(C)(C)C. The molecule has 1 saturated heterocycles. The van der Waals surface area contributed by atoms with E-state index in [2.05, 4.69) is 4.98 Å². The Morgan fingerprint density at radius 2 is 2.09 bits per heavy atom. The van der Waals surface area contributed by atoms with E-state index in [-0.39, 0.29) is 5.92 Å². The summed E-state index contributed by atoms with van der Waals surface area (Å²) < 4.78 is 10.2. The number of hydrogen-bond acceptors (Lipinski definition) is 5. The topological polar surface area (TPSA) is 68.7 Å². The van der Waals surface area contributed by atoms with Crippen LogP contribution in [-0.2, 0) is 20.7 Å². The first-order valence-corrected chi connectivity index (χ1v) is 7.77. The molecule has 1 aromatic heterocycles. The Bertz CT molecular complexity index is 553. The van der Waals surface area contributed by atoms with E-state index in [9.17, 15) is 9.59 Å². The highest BCUT2D eigenvalue weighted by molar-refractivity contribution is 5.82. The second-order valence-corrected chi connectivity index (χ2v) is 6.80. The minimum Gasteiger partial charge on any atom is -0.467 e. The molecule has 0 saturated carbocycles. The Kier molecular flexibility index (Phi) is 5.23. The van der Waals surface area contributed by atoms with Crippen LogP contribution < -0.4 is 0 Å². The lowest BCUT2D eigenvalue weighted by Crippen LogP contribution is -2.43. The number of ether oxygens (including phenoxy) is 2. The van der Waals surface area contributed by atoms with Gasteiger partial charge in [0.2, 0.25) is 0 Å². The number of amides is 1. The molecule has 2 atom stereocenters. The summed E-state index contributed by atoms with van der Waals surface area (Å²) >= 11 is 0. The summed E-state index contributed by atoms with van der Waals surface area (Å²) in [5.74, 6) is -0.249. The Hall–Kier alpha value is -2.11. The lowest BCUT2D eigenvalue weighted by molar-refractivity contribution is -0.145. The third-order valence-corrected chi connectivity index (χ3v) is 3.71. The van der Waals surface area contributed by atoms with E-state index in [0.29, 0.717) is 19.4 Å². The van der Waals surface area contributed by atoms with Gasteiger partial charge in [0, 0.05) is 18.4 Å². The van der Waals surface area contributed by atoms with Gasteiger partial charge in [-0.3, -0.25) is 9.88 Å². The Morgan fingerprint density at radius 1 is 1.35 bits per heavy atom. The quantitative estimate of drug-likeness (QED) is 0.800. The zero-order valence-corrected chi connectivity index (χ0v) is 14.1. The molecule has 2 heterocycles. The fraction of sp³-hybridized carbons (Fsp3) is 0.588. The van der Waals surface area contributed by atoms with Gasteiger partial charge in [-0.05, 0) is 51.7 Å². The maximum absolute atomic E-state index is 12.4. The first-order valence-electron chi connectivity index (χ1n) is 7.77. The van der Waals surface area contributed by atoms with E-state index in [1.54, 1.807) is 27.0 Å². The second kappa shape index (κ2) is 6.98. The second-order valence-electron chi connectivity index (χ2n) is 6.80. The minimum atomic E-state index is -0.600. The van der Waals surface area contributed by atoms with Gasteiger partial charge in [0.15, 0.2) is 0 Å². The van der Waals surface area contributed by atoms with E-state index in [4.69, 9.17) is 9.47 Å². The number of rotatable bonds is 3. The largest absolute Gasteiger partial charge is 0.467 e. The van der Waals surface area contributed by atoms with Crippen molar-refractivity contribution in [2.24, 2.45) is 5.92 Å². The van der Waals surface area contributed by atoms with Crippen molar-refractivity contribution in [3.63, 3.8) is 0 Å². The molecule has 0 aliphatic carbocycles. The van der Waals surface area contributed by atoms with Gasteiger partial charge in [0.25, 0.3) is 0 Å². The Labute approximate surface area is 136 Å². The van der Waals surface area contributed by atoms with Crippen molar-refractivity contribution in [3.05, 3.63) is 30.1 Å². The molecule has 0 spiro atoms. The van der Waals surface area contributed by atoms with Crippen LogP contribution in [0.1, 0.15) is 32.9 Å². The van der Waals surface area contributed by atoms with Crippen molar-refractivity contribution in [2.75, 3.05) is 13.7 Å². The summed E-state index contributed by atoms with van der Waals surface area (Å²) in [6.45, 7) is 5.88. The van der Waals surface area contributed by atoms with Crippen molar-refractivity contribution in [2.45, 2.75) is 45.3 Å². The van der Waals surface area contributed by atoms with Gasteiger partial charge in [0.1, 0.15) is 11.6 Å². The number of likely N-dealkylation sites (tertiary alicyclic amines) is 1. The number of esters is 1. The van der Waals surface area contributed by atoms with Crippen molar-refractivity contribution in [1.82, 2.24) is 9.88 Å². The highest BCUT2D eigenvalue weighted by Gasteiger charge is 2.42. The van der Waals surface area contributed by atoms with Crippen LogP contribution in [0.25, 0.3) is 0 Å². The van der Waals surface area contributed by atoms with E-state index in [0.717, 1.165) is 5.69 Å². The molecule has 1 aliphatic heterocycles. The molecule has 0 N–H and O–H groups in total. The van der Waals surface area contributed by atoms with Gasteiger partial charge >= 0.3 is 12.1 Å². The molecule has 1 aliphatic rings. The van der Waals surface area contributed by atoms with Gasteiger partial charge in [-0.25, -0.2) is 9.59 Å². The fourth-order valence-electron chi connectivity index (χ4n) is 2.77. The highest BCUT2D eigenvalue weighted by atomic mass is 16.6. The zero-order chi connectivity index (χ0) is 17.0. The molecule has 0 radical (unpaired) electrons. The van der Waals surface area contributed by atoms with Crippen LogP contribution in [0.5, 0.6) is 0 Å². The summed E-state index contributed by atoms with van der Waals surface area (Å²) in [6.07, 6.45) is 2.54. The summed E-state index contributed by atoms with van der Waals surface area (Å²) in [6, 6.07) is 5.15. The summed E-state index contributed by atoms with van der Waals surface area (Å²) in [5, 5.41) is 0. The molecule has 2 unspecified atom stereocenters. The lowest BCUT2D eigenvalue weighted by atomic mass is 9.99. The average molecular weight is 320 g/mol. The fourth-order valence-corrected chi connectivity index (χ4v) is 2.77. The van der Waals surface area contributed by atoms with E-state index < -0.39 is 23.7 Å². The number of hydrogen-bond donors (Lipinski definition) is 0. The monoisotopic (exact) mass is 320 g/mol. The van der Waals surface area contributed by atoms with Gasteiger partial charge in [-0.1, -0.05) is 6.07 Å². The maximum atomic E-state index is 12.4. The molecule has 2 rings (SSSR count). The number of aromatic nitrogens is 1. The van der Waals surface area contributed by atoms with E-state index >= 15 is 0 Å². The molecule has 0 bridgehead atoms. The van der Waals surface area contributed by atoms with Crippen molar-refractivity contribution in [3.8, 4) is 0 Å². The number of methoxy groups -OCH3 is 1. The minimum absolute atomic E-state index is 0.154. The Balaban J connectivity index is 2.09. The van der Waals surface area contributed by atoms with Gasteiger partial charge in [0.05, 0.1) is 7.11 Å². The highest BCUT2D eigenvalue weighted by Crippen LogP contribution is 2.28. The molecule has 1 fully saturated rings. The molecule has 1 aromatic rings. The van der Waals surface area contributed by atoms with Gasteiger partial charge < -0.3 is 9.47 Å². The predicted octanol–water partition coefficient (Wildman–Crippen LogP) is 2.42. The predicted molar refractivity (Wildman–Crippen MR) is 84.8 cm³/mol. The molecular formula is C17H24N2O4. The smallest absolute Gasteiger partial charge is 0.411 e. The van der Waals surface area contributed by atoms with Crippen molar-refractivity contribution < 1.29 is 19.1 Å². The third kappa shape index (κ3) is 4.68. The van der Waals surface area contributed by atoms with Crippen LogP contribution in [0, 0.1) is 5.92 Å². The van der Waals surface area contributed by atoms with Crippen molar-refractivity contribution in [1.29, 1.82) is 0 Å². The summed E-state index contributed by atoms with van der Waals surface area (Å²) in [5.41, 5.74) is 0.351. The van der Waals surface area contributed by atoms with Crippen LogP contribution in [0.2, 0.25) is 0 Å². The van der Waals surface area contributed by atoms with Gasteiger partial charge in [-0.2, -0.15) is 0 Å². The summed E-state index contributed by atoms with van der Waals surface area (Å²) in [7, 11) is 1.34. The van der Waals surface area contributed by atoms with Crippen LogP contribution in [0.15, 0.2) is 24.4 Å². The lowest BCUT2D eigenvalue weighted by Gasteiger charge is -2.27. The molecule has 23 heavy (non-hydrogen) atoms. The molecule has 0 aromatic carbocycles. The normalized spacial score (nSPS) is 21.1. The number of nitrogens with zero attached hydrogens (tertiary/aromatic N) is 2. The van der Waals surface area contributed by atoms with Gasteiger partial charge in [-0.15, -0.1) is 0 Å². The van der Waals surface area contributed by atoms with Crippen LogP contribution in [0.4, 0.5) is 4.79 Å². The Morgan fingerprint density at radius 3 is 2.65 bits per heavy atom. The molecule has 6 heteroatoms. The first-order chi connectivity index (χ1) is 10.8. The van der Waals surface area contributed by atoms with Crippen LogP contribution in [0.3, 0.4) is 0 Å². The molecular weight excluding hydrogens is 296 g/mol. The molecule has 1 amide bonds. The van der Waals surface area contributed by atoms with E-state index in [1.807, 2.05) is 18.2 Å². The van der Waals surface area contributed by atoms with Crippen LogP contribution >= 0.6 is 0 Å².